The molecule has 0 N–H and O–H groups in total. The molecule has 0 bridgehead atoms. The molecule has 1 aliphatic carbocycles. The molecule has 3 aliphatic heterocycles. The van der Waals surface area contributed by atoms with Gasteiger partial charge in [0.25, 0.3) is 0 Å². The molecule has 0 spiro atoms. The Hall–Kier alpha value is -1.92. The van der Waals surface area contributed by atoms with Crippen molar-refractivity contribution in [2.75, 3.05) is 52.5 Å². The monoisotopic (exact) mass is 397 g/mol. The van der Waals surface area contributed by atoms with Crippen LogP contribution in [0.2, 0.25) is 0 Å². The molecule has 4 fully saturated rings. The number of carbonyl (C=O) groups excluding carboxylic acids is 2. The van der Waals surface area contributed by atoms with Gasteiger partial charge in [-0.2, -0.15) is 0 Å². The summed E-state index contributed by atoms with van der Waals surface area (Å²) < 4.78 is 5.37. The Kier molecular flexibility index (Phi) is 5.31. The summed E-state index contributed by atoms with van der Waals surface area (Å²) >= 11 is 0. The summed E-state index contributed by atoms with van der Waals surface area (Å²) in [6.07, 6.45) is 3.28. The molecule has 0 unspecified atom stereocenters. The number of nitrogens with zero attached hydrogens (tertiary/aromatic N) is 3. The fraction of sp³-hybridized carbons (Fsp3) is 0.652. The number of ether oxygens (including phenoxy) is 1. The Balaban J connectivity index is 1.29. The summed E-state index contributed by atoms with van der Waals surface area (Å²) in [5.41, 5.74) is 1.24. The molecule has 1 aromatic carbocycles. The van der Waals surface area contributed by atoms with Gasteiger partial charge in [0, 0.05) is 44.6 Å². The van der Waals surface area contributed by atoms with E-state index in [0.717, 1.165) is 32.5 Å². The summed E-state index contributed by atoms with van der Waals surface area (Å²) in [6.45, 7) is 5.84. The molecule has 156 valence electrons. The van der Waals surface area contributed by atoms with Crippen LogP contribution in [0.4, 0.5) is 0 Å². The predicted molar refractivity (Wildman–Crippen MR) is 109 cm³/mol. The zero-order valence-electron chi connectivity index (χ0n) is 17.0. The number of rotatable bonds is 4. The Morgan fingerprint density at radius 2 is 1.76 bits per heavy atom. The lowest BCUT2D eigenvalue weighted by Crippen LogP contribution is -2.46. The highest BCUT2D eigenvalue weighted by Crippen LogP contribution is 2.46. The van der Waals surface area contributed by atoms with E-state index in [9.17, 15) is 9.59 Å². The molecule has 2 amide bonds. The first kappa shape index (κ1) is 19.1. The number of morpholine rings is 1. The second-order valence-electron chi connectivity index (χ2n) is 9.09. The van der Waals surface area contributed by atoms with Crippen molar-refractivity contribution in [1.29, 1.82) is 0 Å². The summed E-state index contributed by atoms with van der Waals surface area (Å²) in [4.78, 5) is 32.3. The lowest BCUT2D eigenvalue weighted by Gasteiger charge is -2.35. The maximum absolute atomic E-state index is 13.1. The van der Waals surface area contributed by atoms with Crippen LogP contribution in [0.25, 0.3) is 0 Å². The third kappa shape index (κ3) is 3.68. The molecule has 5 rings (SSSR count). The van der Waals surface area contributed by atoms with Gasteiger partial charge < -0.3 is 14.5 Å². The van der Waals surface area contributed by atoms with E-state index >= 15 is 0 Å². The summed E-state index contributed by atoms with van der Waals surface area (Å²) in [7, 11) is 0. The van der Waals surface area contributed by atoms with Gasteiger partial charge in [-0.1, -0.05) is 36.8 Å². The van der Waals surface area contributed by atoms with E-state index in [2.05, 4.69) is 34.1 Å². The minimum Gasteiger partial charge on any atom is -0.378 e. The molecule has 29 heavy (non-hydrogen) atoms. The van der Waals surface area contributed by atoms with E-state index < -0.39 is 0 Å². The maximum Gasteiger partial charge on any atom is 0.236 e. The standard InChI is InChI=1S/C23H31N3O3/c27-21(25-9-11-29-12-10-25)16-24-13-19-14-26(23(28)18-7-4-8-18)22(20(19)15-24)17-5-2-1-3-6-17/h1-3,5-6,18-20,22H,4,7-16H2/t19-,20-,22-/m0/s1. The van der Waals surface area contributed by atoms with Gasteiger partial charge >= 0.3 is 0 Å². The van der Waals surface area contributed by atoms with Crippen molar-refractivity contribution < 1.29 is 14.3 Å². The normalized spacial score (nSPS) is 30.3. The average molecular weight is 398 g/mol. The summed E-state index contributed by atoms with van der Waals surface area (Å²) in [5, 5.41) is 0. The minimum atomic E-state index is 0.151. The molecule has 1 saturated carbocycles. The summed E-state index contributed by atoms with van der Waals surface area (Å²) in [6, 6.07) is 10.7. The van der Waals surface area contributed by atoms with E-state index in [1.807, 2.05) is 11.0 Å². The van der Waals surface area contributed by atoms with Gasteiger partial charge in [0.1, 0.15) is 0 Å². The third-order valence-corrected chi connectivity index (χ3v) is 7.34. The number of hydrogen-bond donors (Lipinski definition) is 0. The second kappa shape index (κ2) is 8.07. The first-order valence-corrected chi connectivity index (χ1v) is 11.1. The highest BCUT2D eigenvalue weighted by Gasteiger charge is 2.50. The van der Waals surface area contributed by atoms with E-state index in [-0.39, 0.29) is 17.9 Å². The molecule has 3 heterocycles. The number of carbonyl (C=O) groups is 2. The second-order valence-corrected chi connectivity index (χ2v) is 9.09. The zero-order chi connectivity index (χ0) is 19.8. The van der Waals surface area contributed by atoms with Crippen LogP contribution in [0.1, 0.15) is 30.9 Å². The number of likely N-dealkylation sites (tertiary alicyclic amines) is 2. The van der Waals surface area contributed by atoms with Crippen LogP contribution >= 0.6 is 0 Å². The van der Waals surface area contributed by atoms with Gasteiger partial charge in [-0.3, -0.25) is 14.5 Å². The molecule has 4 aliphatic rings. The van der Waals surface area contributed by atoms with Crippen LogP contribution in [0, 0.1) is 17.8 Å². The molecule has 3 saturated heterocycles. The molecular formula is C23H31N3O3. The maximum atomic E-state index is 13.1. The Bertz CT molecular complexity index is 745. The lowest BCUT2D eigenvalue weighted by molar-refractivity contribution is -0.140. The first-order chi connectivity index (χ1) is 14.2. The first-order valence-electron chi connectivity index (χ1n) is 11.1. The molecule has 0 radical (unpaired) electrons. The smallest absolute Gasteiger partial charge is 0.236 e. The van der Waals surface area contributed by atoms with E-state index in [4.69, 9.17) is 4.74 Å². The van der Waals surface area contributed by atoms with Gasteiger partial charge in [0.15, 0.2) is 0 Å². The zero-order valence-corrected chi connectivity index (χ0v) is 17.0. The molecule has 6 heteroatoms. The summed E-state index contributed by atoms with van der Waals surface area (Å²) in [5.74, 6) is 1.68. The van der Waals surface area contributed by atoms with E-state index in [0.29, 0.717) is 50.6 Å². The average Bonchev–Trinajstić information content (AvgIpc) is 3.25. The van der Waals surface area contributed by atoms with Crippen LogP contribution in [-0.4, -0.2) is 79.0 Å². The van der Waals surface area contributed by atoms with Crippen molar-refractivity contribution in [3.05, 3.63) is 35.9 Å². The Morgan fingerprint density at radius 3 is 2.45 bits per heavy atom. The van der Waals surface area contributed by atoms with E-state index in [1.54, 1.807) is 0 Å². The Morgan fingerprint density at radius 1 is 1.00 bits per heavy atom. The van der Waals surface area contributed by atoms with Gasteiger partial charge in [-0.25, -0.2) is 0 Å². The van der Waals surface area contributed by atoms with Crippen LogP contribution in [0.15, 0.2) is 30.3 Å². The van der Waals surface area contributed by atoms with Crippen LogP contribution in [-0.2, 0) is 14.3 Å². The van der Waals surface area contributed by atoms with Gasteiger partial charge in [-0.05, 0) is 24.3 Å². The van der Waals surface area contributed by atoms with Crippen molar-refractivity contribution >= 4 is 11.8 Å². The number of benzene rings is 1. The highest BCUT2D eigenvalue weighted by atomic mass is 16.5. The van der Waals surface area contributed by atoms with Crippen molar-refractivity contribution in [2.45, 2.75) is 25.3 Å². The molecular weight excluding hydrogens is 366 g/mol. The Labute approximate surface area is 172 Å². The topological polar surface area (TPSA) is 53.1 Å². The fourth-order valence-corrected chi connectivity index (χ4v) is 5.56. The predicted octanol–water partition coefficient (Wildman–Crippen LogP) is 1.78. The van der Waals surface area contributed by atoms with Crippen molar-refractivity contribution in [3.8, 4) is 0 Å². The fourth-order valence-electron chi connectivity index (χ4n) is 5.56. The highest BCUT2D eigenvalue weighted by molar-refractivity contribution is 5.81. The lowest BCUT2D eigenvalue weighted by atomic mass is 9.83. The van der Waals surface area contributed by atoms with Crippen molar-refractivity contribution in [1.82, 2.24) is 14.7 Å². The van der Waals surface area contributed by atoms with Crippen LogP contribution in [0.5, 0.6) is 0 Å². The quantitative estimate of drug-likeness (QED) is 0.777. The van der Waals surface area contributed by atoms with Gasteiger partial charge in [0.05, 0.1) is 25.8 Å². The number of hydrogen-bond acceptors (Lipinski definition) is 4. The largest absolute Gasteiger partial charge is 0.378 e. The van der Waals surface area contributed by atoms with Crippen molar-refractivity contribution in [3.63, 3.8) is 0 Å². The van der Waals surface area contributed by atoms with E-state index in [1.165, 1.54) is 12.0 Å². The molecule has 1 aromatic rings. The van der Waals surface area contributed by atoms with Crippen LogP contribution in [0.3, 0.4) is 0 Å². The molecule has 0 aromatic heterocycles. The van der Waals surface area contributed by atoms with Gasteiger partial charge in [0.2, 0.25) is 11.8 Å². The van der Waals surface area contributed by atoms with Crippen LogP contribution < -0.4 is 0 Å². The minimum absolute atomic E-state index is 0.151. The third-order valence-electron chi connectivity index (χ3n) is 7.34. The van der Waals surface area contributed by atoms with Gasteiger partial charge in [-0.15, -0.1) is 0 Å². The number of fused-ring (bicyclic) bond motifs is 1. The SMILES string of the molecule is O=C(CN1C[C@H]2CN(C(=O)C3CCC3)[C@@H](c3ccccc3)[C@H]2C1)N1CCOCC1. The molecule has 3 atom stereocenters. The van der Waals surface area contributed by atoms with Crippen molar-refractivity contribution in [2.24, 2.45) is 17.8 Å². The number of amides is 2. The molecule has 6 nitrogen and oxygen atoms in total.